The largest absolute Gasteiger partial charge is 0.322 e. The Kier molecular flexibility index (Phi) is 4.32. The lowest BCUT2D eigenvalue weighted by Crippen LogP contribution is -2.13. The highest BCUT2D eigenvalue weighted by Crippen LogP contribution is 2.24. The van der Waals surface area contributed by atoms with E-state index in [0.717, 1.165) is 16.6 Å². The molecule has 0 fully saturated rings. The Balaban J connectivity index is 2.33. The number of amides is 1. The lowest BCUT2D eigenvalue weighted by molar-refractivity contribution is -0.385. The molecule has 108 valence electrons. The number of hydrogen-bond acceptors (Lipinski definition) is 3. The lowest BCUT2D eigenvalue weighted by Gasteiger charge is -2.07. The quantitative estimate of drug-likeness (QED) is 0.668. The van der Waals surface area contributed by atoms with Gasteiger partial charge in [-0.05, 0) is 31.2 Å². The molecule has 2 rings (SSSR count). The van der Waals surface area contributed by atoms with Crippen LogP contribution in [0.4, 0.5) is 15.8 Å². The summed E-state index contributed by atoms with van der Waals surface area (Å²) in [4.78, 5) is 22.2. The van der Waals surface area contributed by atoms with Crippen LogP contribution in [0, 0.1) is 22.9 Å². The predicted molar refractivity (Wildman–Crippen MR) is 79.9 cm³/mol. The SMILES string of the molecule is Cc1c(F)cc(C(=O)Nc2cccc(Br)c2)cc1[N+](=O)[O-]. The van der Waals surface area contributed by atoms with Crippen molar-refractivity contribution in [3.63, 3.8) is 0 Å². The average Bonchev–Trinajstić information content (AvgIpc) is 2.41. The molecule has 5 nitrogen and oxygen atoms in total. The number of nitro groups is 1. The van der Waals surface area contributed by atoms with Crippen molar-refractivity contribution >= 4 is 33.2 Å². The van der Waals surface area contributed by atoms with E-state index in [4.69, 9.17) is 0 Å². The van der Waals surface area contributed by atoms with E-state index in [1.165, 1.54) is 6.92 Å². The number of benzene rings is 2. The molecule has 21 heavy (non-hydrogen) atoms. The molecule has 1 amide bonds. The second kappa shape index (κ2) is 6.01. The maximum Gasteiger partial charge on any atom is 0.276 e. The number of rotatable bonds is 3. The number of halogens is 2. The number of hydrogen-bond donors (Lipinski definition) is 1. The maximum atomic E-state index is 13.7. The van der Waals surface area contributed by atoms with Gasteiger partial charge in [-0.1, -0.05) is 22.0 Å². The van der Waals surface area contributed by atoms with Crippen LogP contribution in [0.15, 0.2) is 40.9 Å². The standard InChI is InChI=1S/C14H10BrFN2O3/c1-8-12(16)5-9(6-13(8)18(20)21)14(19)17-11-4-2-3-10(15)7-11/h2-7H,1H3,(H,17,19). The van der Waals surface area contributed by atoms with Crippen LogP contribution in [0.3, 0.4) is 0 Å². The summed E-state index contributed by atoms with van der Waals surface area (Å²) in [5.41, 5.74) is -0.129. The zero-order valence-electron chi connectivity index (χ0n) is 10.9. The van der Waals surface area contributed by atoms with Gasteiger partial charge in [-0.25, -0.2) is 4.39 Å². The molecule has 0 spiro atoms. The third kappa shape index (κ3) is 3.43. The summed E-state index contributed by atoms with van der Waals surface area (Å²) in [6, 6.07) is 8.86. The first-order valence-electron chi connectivity index (χ1n) is 5.90. The van der Waals surface area contributed by atoms with Gasteiger partial charge in [0, 0.05) is 21.8 Å². The van der Waals surface area contributed by atoms with Gasteiger partial charge in [-0.15, -0.1) is 0 Å². The number of nitro benzene ring substituents is 1. The van der Waals surface area contributed by atoms with E-state index in [1.807, 2.05) is 0 Å². The Hall–Kier alpha value is -2.28. The summed E-state index contributed by atoms with van der Waals surface area (Å²) in [5, 5.41) is 13.4. The molecule has 1 N–H and O–H groups in total. The highest BCUT2D eigenvalue weighted by atomic mass is 79.9. The topological polar surface area (TPSA) is 72.2 Å². The smallest absolute Gasteiger partial charge is 0.276 e. The molecule has 2 aromatic rings. The van der Waals surface area contributed by atoms with Gasteiger partial charge < -0.3 is 5.32 Å². The number of nitrogens with zero attached hydrogens (tertiary/aromatic N) is 1. The van der Waals surface area contributed by atoms with Crippen LogP contribution >= 0.6 is 15.9 Å². The molecule has 0 saturated heterocycles. The Bertz CT molecular complexity index is 734. The summed E-state index contributed by atoms with van der Waals surface area (Å²) < 4.78 is 14.4. The summed E-state index contributed by atoms with van der Waals surface area (Å²) >= 11 is 3.26. The van der Waals surface area contributed by atoms with Crippen molar-refractivity contribution in [1.82, 2.24) is 0 Å². The van der Waals surface area contributed by atoms with Gasteiger partial charge in [0.2, 0.25) is 0 Å². The molecule has 0 saturated carbocycles. The Labute approximate surface area is 128 Å². The second-order valence-corrected chi connectivity index (χ2v) is 5.24. The van der Waals surface area contributed by atoms with Gasteiger partial charge in [0.15, 0.2) is 0 Å². The van der Waals surface area contributed by atoms with Crippen LogP contribution in [0.1, 0.15) is 15.9 Å². The predicted octanol–water partition coefficient (Wildman–Crippen LogP) is 4.06. The zero-order chi connectivity index (χ0) is 15.6. The molecule has 0 bridgehead atoms. The molecule has 0 aliphatic rings. The van der Waals surface area contributed by atoms with Gasteiger partial charge in [-0.2, -0.15) is 0 Å². The Morgan fingerprint density at radius 3 is 2.67 bits per heavy atom. The summed E-state index contributed by atoms with van der Waals surface area (Å²) in [5.74, 6) is -1.40. The molecule has 0 unspecified atom stereocenters. The van der Waals surface area contributed by atoms with Crippen molar-refractivity contribution in [2.75, 3.05) is 5.32 Å². The van der Waals surface area contributed by atoms with Crippen LogP contribution in [0.25, 0.3) is 0 Å². The highest BCUT2D eigenvalue weighted by molar-refractivity contribution is 9.10. The van der Waals surface area contributed by atoms with Gasteiger partial charge in [-0.3, -0.25) is 14.9 Å². The zero-order valence-corrected chi connectivity index (χ0v) is 12.5. The molecule has 2 aromatic carbocycles. The van der Waals surface area contributed by atoms with Crippen LogP contribution in [-0.2, 0) is 0 Å². The number of anilines is 1. The average molecular weight is 353 g/mol. The fraction of sp³-hybridized carbons (Fsp3) is 0.0714. The van der Waals surface area contributed by atoms with Crippen LogP contribution in [0.2, 0.25) is 0 Å². The Morgan fingerprint density at radius 1 is 1.33 bits per heavy atom. The van der Waals surface area contributed by atoms with Crippen LogP contribution < -0.4 is 5.32 Å². The summed E-state index contributed by atoms with van der Waals surface area (Å²) in [6.45, 7) is 1.30. The van der Waals surface area contributed by atoms with E-state index in [-0.39, 0.29) is 11.1 Å². The fourth-order valence-corrected chi connectivity index (χ4v) is 2.15. The fourth-order valence-electron chi connectivity index (χ4n) is 1.75. The Morgan fingerprint density at radius 2 is 2.05 bits per heavy atom. The molecule has 0 aliphatic carbocycles. The first-order chi connectivity index (χ1) is 9.88. The van der Waals surface area contributed by atoms with Crippen LogP contribution in [0.5, 0.6) is 0 Å². The lowest BCUT2D eigenvalue weighted by atomic mass is 10.1. The highest BCUT2D eigenvalue weighted by Gasteiger charge is 2.19. The van der Waals surface area contributed by atoms with Crippen LogP contribution in [-0.4, -0.2) is 10.8 Å². The second-order valence-electron chi connectivity index (χ2n) is 4.32. The number of carbonyl (C=O) groups excluding carboxylic acids is 1. The van der Waals surface area contributed by atoms with Gasteiger partial charge in [0.1, 0.15) is 5.82 Å². The van der Waals surface area contributed by atoms with E-state index in [0.29, 0.717) is 5.69 Å². The minimum Gasteiger partial charge on any atom is -0.322 e. The molecule has 0 aromatic heterocycles. The van der Waals surface area contributed by atoms with Crippen molar-refractivity contribution in [2.45, 2.75) is 6.92 Å². The molecule has 0 atom stereocenters. The third-order valence-corrected chi connectivity index (χ3v) is 3.35. The number of carbonyl (C=O) groups is 1. The van der Waals surface area contributed by atoms with Crippen molar-refractivity contribution in [3.8, 4) is 0 Å². The molecular formula is C14H10BrFN2O3. The maximum absolute atomic E-state index is 13.7. The van der Waals surface area contributed by atoms with Crippen molar-refractivity contribution in [1.29, 1.82) is 0 Å². The van der Waals surface area contributed by atoms with E-state index in [2.05, 4.69) is 21.2 Å². The normalized spacial score (nSPS) is 10.2. The first-order valence-corrected chi connectivity index (χ1v) is 6.69. The van der Waals surface area contributed by atoms with E-state index in [9.17, 15) is 19.3 Å². The van der Waals surface area contributed by atoms with E-state index >= 15 is 0 Å². The molecular weight excluding hydrogens is 343 g/mol. The van der Waals surface area contributed by atoms with Crippen molar-refractivity contribution in [3.05, 3.63) is 67.9 Å². The molecule has 7 heteroatoms. The van der Waals surface area contributed by atoms with Gasteiger partial charge >= 0.3 is 0 Å². The van der Waals surface area contributed by atoms with Crippen molar-refractivity contribution in [2.24, 2.45) is 0 Å². The molecule has 0 radical (unpaired) electrons. The monoisotopic (exact) mass is 352 g/mol. The van der Waals surface area contributed by atoms with Gasteiger partial charge in [0.25, 0.3) is 11.6 Å². The van der Waals surface area contributed by atoms with E-state index in [1.54, 1.807) is 24.3 Å². The molecule has 0 aliphatic heterocycles. The molecule has 0 heterocycles. The minimum atomic E-state index is -0.788. The number of nitrogens with one attached hydrogen (secondary N) is 1. The van der Waals surface area contributed by atoms with E-state index < -0.39 is 22.3 Å². The van der Waals surface area contributed by atoms with Gasteiger partial charge in [0.05, 0.1) is 10.5 Å². The summed E-state index contributed by atoms with van der Waals surface area (Å²) in [7, 11) is 0. The van der Waals surface area contributed by atoms with Crippen molar-refractivity contribution < 1.29 is 14.1 Å². The summed E-state index contributed by atoms with van der Waals surface area (Å²) in [6.07, 6.45) is 0. The third-order valence-electron chi connectivity index (χ3n) is 2.86. The minimum absolute atomic E-state index is 0.0981. The first kappa shape index (κ1) is 15.1.